The highest BCUT2D eigenvalue weighted by Gasteiger charge is 2.23. The zero-order chi connectivity index (χ0) is 18.6. The van der Waals surface area contributed by atoms with Crippen LogP contribution in [0.15, 0.2) is 27.3 Å². The van der Waals surface area contributed by atoms with Gasteiger partial charge in [-0.15, -0.1) is 11.3 Å². The third-order valence-corrected chi connectivity index (χ3v) is 7.28. The smallest absolute Gasteiger partial charge is 0.349 e. The summed E-state index contributed by atoms with van der Waals surface area (Å²) in [5, 5.41) is 5.93. The molecule has 7 heteroatoms. The van der Waals surface area contributed by atoms with Gasteiger partial charge in [0.2, 0.25) is 5.91 Å². The summed E-state index contributed by atoms with van der Waals surface area (Å²) < 4.78 is 1.82. The minimum Gasteiger partial charge on any atom is -0.353 e. The van der Waals surface area contributed by atoms with Crippen molar-refractivity contribution >= 4 is 29.0 Å². The molecule has 5 nitrogen and oxygen atoms in total. The van der Waals surface area contributed by atoms with Crippen LogP contribution in [0.5, 0.6) is 0 Å². The topological polar surface area (TPSA) is 64.0 Å². The van der Waals surface area contributed by atoms with Crippen LogP contribution in [-0.2, 0) is 24.2 Å². The van der Waals surface area contributed by atoms with E-state index in [1.54, 1.807) is 11.3 Å². The van der Waals surface area contributed by atoms with Crippen molar-refractivity contribution in [3.05, 3.63) is 44.1 Å². The van der Waals surface area contributed by atoms with E-state index in [-0.39, 0.29) is 11.6 Å². The van der Waals surface area contributed by atoms with Crippen LogP contribution in [0.2, 0.25) is 0 Å². The van der Waals surface area contributed by atoms with E-state index in [1.165, 1.54) is 41.5 Å². The molecule has 0 radical (unpaired) electrons. The van der Waals surface area contributed by atoms with Crippen LogP contribution in [0.25, 0.3) is 0 Å². The van der Waals surface area contributed by atoms with E-state index in [4.69, 9.17) is 0 Å². The molecule has 2 aromatic heterocycles. The number of hydrogen-bond donors (Lipinski definition) is 1. The Balaban J connectivity index is 1.45. The summed E-state index contributed by atoms with van der Waals surface area (Å²) in [4.78, 5) is 30.4. The number of carbonyl (C=O) groups excluding carboxylic acids is 1. The molecule has 0 unspecified atom stereocenters. The van der Waals surface area contributed by atoms with Gasteiger partial charge < -0.3 is 5.32 Å². The van der Waals surface area contributed by atoms with Gasteiger partial charge in [0.1, 0.15) is 5.03 Å². The van der Waals surface area contributed by atoms with Gasteiger partial charge >= 0.3 is 5.69 Å². The van der Waals surface area contributed by atoms with Gasteiger partial charge in [-0.3, -0.25) is 9.36 Å². The predicted octanol–water partition coefficient (Wildman–Crippen LogP) is 3.38. The van der Waals surface area contributed by atoms with Gasteiger partial charge in [0.25, 0.3) is 0 Å². The summed E-state index contributed by atoms with van der Waals surface area (Å²) >= 11 is 3.08. The van der Waals surface area contributed by atoms with E-state index in [2.05, 4.69) is 16.4 Å². The van der Waals surface area contributed by atoms with Gasteiger partial charge in [0.15, 0.2) is 0 Å². The monoisotopic (exact) mass is 403 g/mol. The number of thioether (sulfide) groups is 1. The first kappa shape index (κ1) is 18.7. The number of nitrogens with zero attached hydrogens (tertiary/aromatic N) is 2. The van der Waals surface area contributed by atoms with Crippen LogP contribution in [0.4, 0.5) is 0 Å². The number of hydrogen-bond acceptors (Lipinski definition) is 5. The molecule has 0 saturated heterocycles. The van der Waals surface area contributed by atoms with E-state index in [1.807, 2.05) is 16.0 Å². The second-order valence-electron chi connectivity index (χ2n) is 7.33. The lowest BCUT2D eigenvalue weighted by atomic mass is 9.95. The molecule has 1 fully saturated rings. The highest BCUT2D eigenvalue weighted by molar-refractivity contribution is 7.99. The summed E-state index contributed by atoms with van der Waals surface area (Å²) in [6.07, 6.45) is 8.77. The minimum absolute atomic E-state index is 0.0585. The highest BCUT2D eigenvalue weighted by Crippen LogP contribution is 2.29. The normalized spacial score (nSPS) is 17.0. The molecule has 0 bridgehead atoms. The maximum absolute atomic E-state index is 12.6. The second kappa shape index (κ2) is 8.61. The molecule has 0 spiro atoms. The molecule has 144 valence electrons. The number of carbonyl (C=O) groups is 1. The summed E-state index contributed by atoms with van der Waals surface area (Å²) in [7, 11) is 0. The quantitative estimate of drug-likeness (QED) is 0.593. The average Bonchev–Trinajstić information content (AvgIpc) is 3.35. The van der Waals surface area contributed by atoms with Crippen molar-refractivity contribution in [3.63, 3.8) is 0 Å². The van der Waals surface area contributed by atoms with Gasteiger partial charge in [-0.25, -0.2) is 4.79 Å². The van der Waals surface area contributed by atoms with E-state index in [0.29, 0.717) is 18.3 Å². The molecule has 0 atom stereocenters. The third-order valence-electron chi connectivity index (χ3n) is 5.41. The fourth-order valence-electron chi connectivity index (χ4n) is 4.08. The van der Waals surface area contributed by atoms with Crippen molar-refractivity contribution in [1.29, 1.82) is 0 Å². The van der Waals surface area contributed by atoms with Crippen LogP contribution in [0.3, 0.4) is 0 Å². The molecule has 2 heterocycles. The Labute approximate surface area is 167 Å². The van der Waals surface area contributed by atoms with Crippen LogP contribution in [0, 0.1) is 0 Å². The number of amides is 1. The van der Waals surface area contributed by atoms with Crippen molar-refractivity contribution in [3.8, 4) is 0 Å². The molecule has 1 saturated carbocycles. The highest BCUT2D eigenvalue weighted by atomic mass is 32.2. The molecule has 27 heavy (non-hydrogen) atoms. The lowest BCUT2D eigenvalue weighted by Gasteiger charge is -2.22. The Hall–Kier alpha value is -1.60. The molecule has 0 aliphatic heterocycles. The van der Waals surface area contributed by atoms with Crippen molar-refractivity contribution < 1.29 is 4.79 Å². The summed E-state index contributed by atoms with van der Waals surface area (Å²) in [6.45, 7) is 0.596. The Bertz CT molecular complexity index is 855. The SMILES string of the molecule is O=C(CSc1nc(=O)n(Cc2cccs2)c2c1CCC2)NC1CCCCC1. The van der Waals surface area contributed by atoms with Crippen LogP contribution < -0.4 is 11.0 Å². The summed E-state index contributed by atoms with van der Waals surface area (Å²) in [6, 6.07) is 4.38. The molecule has 2 aliphatic carbocycles. The predicted molar refractivity (Wildman–Crippen MR) is 110 cm³/mol. The van der Waals surface area contributed by atoms with Crippen molar-refractivity contribution in [2.75, 3.05) is 5.75 Å². The number of nitrogens with one attached hydrogen (secondary N) is 1. The van der Waals surface area contributed by atoms with E-state index >= 15 is 0 Å². The zero-order valence-corrected chi connectivity index (χ0v) is 17.0. The van der Waals surface area contributed by atoms with Gasteiger partial charge in [-0.2, -0.15) is 4.98 Å². The molecule has 1 N–H and O–H groups in total. The Kier molecular flexibility index (Phi) is 5.98. The van der Waals surface area contributed by atoms with Gasteiger partial charge in [-0.1, -0.05) is 37.1 Å². The van der Waals surface area contributed by atoms with E-state index in [0.717, 1.165) is 42.8 Å². The van der Waals surface area contributed by atoms with Crippen LogP contribution >= 0.6 is 23.1 Å². The van der Waals surface area contributed by atoms with Crippen molar-refractivity contribution in [1.82, 2.24) is 14.9 Å². The van der Waals surface area contributed by atoms with Crippen molar-refractivity contribution in [2.24, 2.45) is 0 Å². The van der Waals surface area contributed by atoms with Crippen LogP contribution in [0.1, 0.15) is 54.7 Å². The number of aromatic nitrogens is 2. The minimum atomic E-state index is -0.195. The number of fused-ring (bicyclic) bond motifs is 1. The van der Waals surface area contributed by atoms with Gasteiger partial charge in [-0.05, 0) is 43.6 Å². The second-order valence-corrected chi connectivity index (χ2v) is 9.33. The molecule has 2 aromatic rings. The fourth-order valence-corrected chi connectivity index (χ4v) is 5.66. The first-order valence-corrected chi connectivity index (χ1v) is 11.6. The van der Waals surface area contributed by atoms with Gasteiger partial charge in [0.05, 0.1) is 12.3 Å². The molecular weight excluding hydrogens is 378 g/mol. The first-order valence-electron chi connectivity index (χ1n) is 9.78. The Morgan fingerprint density at radius 1 is 1.26 bits per heavy atom. The molecule has 1 amide bonds. The lowest BCUT2D eigenvalue weighted by molar-refractivity contribution is -0.119. The Morgan fingerprint density at radius 2 is 2.11 bits per heavy atom. The largest absolute Gasteiger partial charge is 0.353 e. The zero-order valence-electron chi connectivity index (χ0n) is 15.4. The van der Waals surface area contributed by atoms with E-state index in [9.17, 15) is 9.59 Å². The molecule has 4 rings (SSSR count). The third kappa shape index (κ3) is 4.46. The maximum Gasteiger partial charge on any atom is 0.349 e. The standard InChI is InChI=1S/C20H25N3O2S2/c24-18(21-14-6-2-1-3-7-14)13-27-19-16-9-4-10-17(16)23(20(25)22-19)12-15-8-5-11-26-15/h5,8,11,14H,1-4,6-7,9-10,12-13H2,(H,21,24). The number of thiophene rings is 1. The summed E-state index contributed by atoms with van der Waals surface area (Å²) in [5.41, 5.74) is 2.08. The molecule has 0 aromatic carbocycles. The first-order chi connectivity index (χ1) is 13.2. The van der Waals surface area contributed by atoms with Gasteiger partial charge in [0, 0.05) is 22.2 Å². The Morgan fingerprint density at radius 3 is 2.89 bits per heavy atom. The molecule has 2 aliphatic rings. The fraction of sp³-hybridized carbons (Fsp3) is 0.550. The summed E-state index contributed by atoms with van der Waals surface area (Å²) in [5.74, 6) is 0.396. The maximum atomic E-state index is 12.6. The lowest BCUT2D eigenvalue weighted by Crippen LogP contribution is -2.37. The van der Waals surface area contributed by atoms with Crippen LogP contribution in [-0.4, -0.2) is 27.3 Å². The number of rotatable bonds is 6. The average molecular weight is 404 g/mol. The van der Waals surface area contributed by atoms with Crippen molar-refractivity contribution in [2.45, 2.75) is 69.0 Å². The van der Waals surface area contributed by atoms with E-state index < -0.39 is 0 Å². The molecular formula is C20H25N3O2S2.